The first-order valence-electron chi connectivity index (χ1n) is 12.5. The Kier molecular flexibility index (Phi) is 10.2. The summed E-state index contributed by atoms with van der Waals surface area (Å²) in [5.74, 6) is -0.863. The lowest BCUT2D eigenvalue weighted by Crippen LogP contribution is -2.52. The van der Waals surface area contributed by atoms with Gasteiger partial charge in [0.2, 0.25) is 11.8 Å². The Morgan fingerprint density at radius 3 is 2.13 bits per heavy atom. The van der Waals surface area contributed by atoms with Gasteiger partial charge in [-0.3, -0.25) is 13.9 Å². The molecule has 2 amide bonds. The highest BCUT2D eigenvalue weighted by molar-refractivity contribution is 9.10. The molecule has 0 spiro atoms. The second kappa shape index (κ2) is 13.0. The van der Waals surface area contributed by atoms with Gasteiger partial charge >= 0.3 is 0 Å². The molecule has 0 radical (unpaired) electrons. The second-order valence-electron chi connectivity index (χ2n) is 9.75. The van der Waals surface area contributed by atoms with Gasteiger partial charge in [-0.1, -0.05) is 63.4 Å². The van der Waals surface area contributed by atoms with Crippen molar-refractivity contribution >= 4 is 55.1 Å². The Morgan fingerprint density at radius 1 is 0.949 bits per heavy atom. The maximum absolute atomic E-state index is 13.9. The molecule has 0 aliphatic heterocycles. The van der Waals surface area contributed by atoms with Crippen LogP contribution in [0.2, 0.25) is 5.02 Å². The van der Waals surface area contributed by atoms with Crippen LogP contribution in [0.1, 0.15) is 37.5 Å². The smallest absolute Gasteiger partial charge is 0.264 e. The second-order valence-corrected chi connectivity index (χ2v) is 12.9. The van der Waals surface area contributed by atoms with Crippen LogP contribution in [-0.2, 0) is 26.2 Å². The van der Waals surface area contributed by atoms with Crippen molar-refractivity contribution in [3.05, 3.63) is 92.9 Å². The number of hydrogen-bond donors (Lipinski definition) is 1. The minimum atomic E-state index is -4.15. The van der Waals surface area contributed by atoms with Crippen molar-refractivity contribution < 1.29 is 18.0 Å². The average molecular weight is 635 g/mol. The van der Waals surface area contributed by atoms with Crippen molar-refractivity contribution in [2.45, 2.75) is 58.1 Å². The number of carbonyl (C=O) groups excluding carboxylic acids is 2. The number of benzene rings is 3. The molecule has 1 N–H and O–H groups in total. The van der Waals surface area contributed by atoms with Crippen LogP contribution in [0.5, 0.6) is 0 Å². The molecule has 0 unspecified atom stereocenters. The number of anilines is 1. The lowest BCUT2D eigenvalue weighted by molar-refractivity contribution is -0.139. The zero-order chi connectivity index (χ0) is 28.9. The van der Waals surface area contributed by atoms with Gasteiger partial charge in [0.05, 0.1) is 10.6 Å². The van der Waals surface area contributed by atoms with Gasteiger partial charge in [0.15, 0.2) is 0 Å². The average Bonchev–Trinajstić information content (AvgIpc) is 2.88. The number of aryl methyl sites for hydroxylation is 2. The third-order valence-corrected chi connectivity index (χ3v) is 8.92. The van der Waals surface area contributed by atoms with Crippen LogP contribution in [0.4, 0.5) is 5.69 Å². The Balaban J connectivity index is 2.05. The first kappa shape index (κ1) is 30.7. The molecule has 0 heterocycles. The highest BCUT2D eigenvalue weighted by Gasteiger charge is 2.32. The summed E-state index contributed by atoms with van der Waals surface area (Å²) < 4.78 is 29.7. The molecule has 0 saturated heterocycles. The van der Waals surface area contributed by atoms with E-state index < -0.39 is 28.5 Å². The summed E-state index contributed by atoms with van der Waals surface area (Å²) in [4.78, 5) is 28.3. The van der Waals surface area contributed by atoms with Crippen LogP contribution in [0.25, 0.3) is 0 Å². The summed E-state index contributed by atoms with van der Waals surface area (Å²) in [5, 5.41) is 3.22. The maximum Gasteiger partial charge on any atom is 0.264 e. The standard InChI is InChI=1S/C29H33BrClN3O4S/c1-19(2)32-29(36)22(5)33(17-23-9-11-24(30)12-10-23)28(35)18-34(25-13-8-21(4)27(31)16-25)39(37,38)26-14-6-20(3)7-15-26/h6-16,19,22H,17-18H2,1-5H3,(H,32,36)/t22-/m1/s1. The van der Waals surface area contributed by atoms with Crippen molar-refractivity contribution in [2.75, 3.05) is 10.8 Å². The predicted molar refractivity (Wildman–Crippen MR) is 159 cm³/mol. The van der Waals surface area contributed by atoms with Crippen LogP contribution in [0, 0.1) is 13.8 Å². The van der Waals surface area contributed by atoms with E-state index in [0.29, 0.717) is 5.02 Å². The van der Waals surface area contributed by atoms with Gasteiger partial charge < -0.3 is 10.2 Å². The summed E-state index contributed by atoms with van der Waals surface area (Å²) in [7, 11) is -4.15. The minimum absolute atomic E-state index is 0.0441. The van der Waals surface area contributed by atoms with E-state index in [1.54, 1.807) is 31.2 Å². The van der Waals surface area contributed by atoms with Gasteiger partial charge in [0, 0.05) is 22.1 Å². The van der Waals surface area contributed by atoms with Crippen LogP contribution in [-0.4, -0.2) is 43.8 Å². The molecular formula is C29H33BrClN3O4S. The van der Waals surface area contributed by atoms with E-state index in [2.05, 4.69) is 21.2 Å². The van der Waals surface area contributed by atoms with E-state index in [1.165, 1.54) is 23.1 Å². The molecule has 1 atom stereocenters. The predicted octanol–water partition coefficient (Wildman–Crippen LogP) is 5.86. The van der Waals surface area contributed by atoms with Gasteiger partial charge in [-0.2, -0.15) is 0 Å². The number of carbonyl (C=O) groups is 2. The molecular weight excluding hydrogens is 602 g/mol. The molecule has 0 fully saturated rings. The number of halogens is 2. The summed E-state index contributed by atoms with van der Waals surface area (Å²) in [6.07, 6.45) is 0. The van der Waals surface area contributed by atoms with Crippen LogP contribution < -0.4 is 9.62 Å². The molecule has 3 aromatic rings. The molecule has 208 valence electrons. The largest absolute Gasteiger partial charge is 0.352 e. The van der Waals surface area contributed by atoms with Crippen LogP contribution in [0.15, 0.2) is 76.1 Å². The summed E-state index contributed by atoms with van der Waals surface area (Å²) in [5.41, 5.74) is 2.72. The number of amides is 2. The van der Waals surface area contributed by atoms with Gasteiger partial charge in [0.25, 0.3) is 10.0 Å². The normalized spacial score (nSPS) is 12.2. The highest BCUT2D eigenvalue weighted by Crippen LogP contribution is 2.29. The van der Waals surface area contributed by atoms with Gasteiger partial charge in [0.1, 0.15) is 12.6 Å². The zero-order valence-corrected chi connectivity index (χ0v) is 25.8. The van der Waals surface area contributed by atoms with Crippen molar-refractivity contribution in [2.24, 2.45) is 0 Å². The van der Waals surface area contributed by atoms with Gasteiger partial charge in [-0.05, 0) is 82.1 Å². The molecule has 0 saturated carbocycles. The van der Waals surface area contributed by atoms with Crippen molar-refractivity contribution in [1.29, 1.82) is 0 Å². The van der Waals surface area contributed by atoms with Gasteiger partial charge in [-0.15, -0.1) is 0 Å². The maximum atomic E-state index is 13.9. The van der Waals surface area contributed by atoms with E-state index in [1.807, 2.05) is 52.0 Å². The van der Waals surface area contributed by atoms with E-state index >= 15 is 0 Å². The SMILES string of the molecule is Cc1ccc(S(=O)(=O)N(CC(=O)N(Cc2ccc(Br)cc2)[C@H](C)C(=O)NC(C)C)c2ccc(C)c(Cl)c2)cc1. The molecule has 0 aliphatic carbocycles. The molecule has 0 aliphatic rings. The van der Waals surface area contributed by atoms with Crippen LogP contribution >= 0.6 is 27.5 Å². The number of hydrogen-bond acceptors (Lipinski definition) is 4. The number of nitrogens with zero attached hydrogens (tertiary/aromatic N) is 2. The molecule has 3 rings (SSSR count). The summed E-state index contributed by atoms with van der Waals surface area (Å²) in [6, 6.07) is 17.7. The third-order valence-electron chi connectivity index (χ3n) is 6.20. The summed E-state index contributed by atoms with van der Waals surface area (Å²) in [6.45, 7) is 8.57. The fourth-order valence-electron chi connectivity index (χ4n) is 3.88. The lowest BCUT2D eigenvalue weighted by Gasteiger charge is -2.32. The molecule has 0 aromatic heterocycles. The topological polar surface area (TPSA) is 86.8 Å². The fourth-order valence-corrected chi connectivity index (χ4v) is 5.72. The molecule has 39 heavy (non-hydrogen) atoms. The van der Waals surface area contributed by atoms with Crippen molar-refractivity contribution in [3.63, 3.8) is 0 Å². The van der Waals surface area contributed by atoms with E-state index in [9.17, 15) is 18.0 Å². The quantitative estimate of drug-likeness (QED) is 0.303. The zero-order valence-electron chi connectivity index (χ0n) is 22.6. The lowest BCUT2D eigenvalue weighted by atomic mass is 10.1. The Hall–Kier alpha value is -2.88. The monoisotopic (exact) mass is 633 g/mol. The fraction of sp³-hybridized carbons (Fsp3) is 0.310. The number of rotatable bonds is 10. The van der Waals surface area contributed by atoms with E-state index in [0.717, 1.165) is 25.5 Å². The van der Waals surface area contributed by atoms with Crippen molar-refractivity contribution in [1.82, 2.24) is 10.2 Å². The molecule has 10 heteroatoms. The first-order valence-corrected chi connectivity index (χ1v) is 15.1. The minimum Gasteiger partial charge on any atom is -0.352 e. The van der Waals surface area contributed by atoms with Gasteiger partial charge in [-0.25, -0.2) is 8.42 Å². The van der Waals surface area contributed by atoms with E-state index in [-0.39, 0.29) is 29.1 Å². The first-order chi connectivity index (χ1) is 18.3. The Bertz CT molecular complexity index is 1430. The van der Waals surface area contributed by atoms with Crippen LogP contribution in [0.3, 0.4) is 0 Å². The molecule has 3 aromatic carbocycles. The highest BCUT2D eigenvalue weighted by atomic mass is 79.9. The Morgan fingerprint density at radius 2 is 1.56 bits per heavy atom. The van der Waals surface area contributed by atoms with E-state index in [4.69, 9.17) is 11.6 Å². The van der Waals surface area contributed by atoms with Crippen molar-refractivity contribution in [3.8, 4) is 0 Å². The number of sulfonamides is 1. The molecule has 0 bridgehead atoms. The Labute approximate surface area is 244 Å². The summed E-state index contributed by atoms with van der Waals surface area (Å²) >= 11 is 9.77. The number of nitrogens with one attached hydrogen (secondary N) is 1. The third kappa shape index (κ3) is 7.84. The molecule has 7 nitrogen and oxygen atoms in total.